The lowest BCUT2D eigenvalue weighted by atomic mass is 9.63. The Hall–Kier alpha value is -0.315. The first-order valence-electron chi connectivity index (χ1n) is 4.74. The summed E-state index contributed by atoms with van der Waals surface area (Å²) in [5.41, 5.74) is 6.69. The van der Waals surface area contributed by atoms with Crippen molar-refractivity contribution in [1.82, 2.24) is 5.32 Å². The van der Waals surface area contributed by atoms with Gasteiger partial charge in [0.25, 0.3) is 0 Å². The summed E-state index contributed by atoms with van der Waals surface area (Å²) in [7, 11) is 1.15. The van der Waals surface area contributed by atoms with Crippen molar-refractivity contribution >= 4 is 7.05 Å². The number of allylic oxidation sites excluding steroid dienone is 1. The van der Waals surface area contributed by atoms with Crippen molar-refractivity contribution in [3.8, 4) is 0 Å². The van der Waals surface area contributed by atoms with E-state index in [2.05, 4.69) is 19.2 Å². The van der Waals surface area contributed by atoms with Crippen LogP contribution in [0.4, 0.5) is 0 Å². The largest absolute Gasteiger partial charge is 0.437 e. The third kappa shape index (κ3) is 5.08. The topological polar surface area (TPSA) is 58.3 Å². The van der Waals surface area contributed by atoms with Crippen LogP contribution in [0.2, 0.25) is 5.82 Å². The van der Waals surface area contributed by atoms with Gasteiger partial charge in [-0.25, -0.2) is 0 Å². The highest BCUT2D eigenvalue weighted by molar-refractivity contribution is 6.49. The lowest BCUT2D eigenvalue weighted by Crippen LogP contribution is -2.33. The Labute approximate surface area is 81.5 Å². The molecule has 76 valence electrons. The van der Waals surface area contributed by atoms with Crippen LogP contribution in [0, 0.1) is 5.92 Å². The third-order valence-electron chi connectivity index (χ3n) is 2.10. The molecule has 0 bridgehead atoms. The van der Waals surface area contributed by atoms with E-state index in [0.717, 1.165) is 6.54 Å². The molecule has 0 radical (unpaired) electrons. The predicted octanol–water partition coefficient (Wildman–Crippen LogP) is 0.617. The van der Waals surface area contributed by atoms with Crippen LogP contribution in [0.15, 0.2) is 11.6 Å². The summed E-state index contributed by atoms with van der Waals surface area (Å²) in [5.74, 6) is 0.417. The maximum Gasteiger partial charge on any atom is 0.381 e. The zero-order valence-corrected chi connectivity index (χ0v) is 9.04. The normalized spacial score (nSPS) is 14.8. The quantitative estimate of drug-likeness (QED) is 0.433. The smallest absolute Gasteiger partial charge is 0.381 e. The molecule has 0 saturated carbocycles. The molecule has 0 aromatic carbocycles. The summed E-state index contributed by atoms with van der Waals surface area (Å²) >= 11 is 0. The Morgan fingerprint density at radius 3 is 2.46 bits per heavy atom. The number of rotatable bonds is 5. The zero-order valence-electron chi connectivity index (χ0n) is 9.04. The van der Waals surface area contributed by atoms with Crippen molar-refractivity contribution in [2.45, 2.75) is 26.6 Å². The van der Waals surface area contributed by atoms with Crippen LogP contribution in [0.25, 0.3) is 0 Å². The van der Waals surface area contributed by atoms with Crippen LogP contribution in [-0.2, 0) is 0 Å². The molecular weight excluding hydrogens is 163 g/mol. The molecule has 0 aliphatic carbocycles. The van der Waals surface area contributed by atoms with Crippen molar-refractivity contribution in [3.05, 3.63) is 11.6 Å². The average Bonchev–Trinajstić information content (AvgIpc) is 1.99. The summed E-state index contributed by atoms with van der Waals surface area (Å²) in [5, 5.41) is 12.4. The summed E-state index contributed by atoms with van der Waals surface area (Å²) in [6.07, 6.45) is 2.05. The van der Waals surface area contributed by atoms with E-state index in [1.807, 2.05) is 20.0 Å². The van der Waals surface area contributed by atoms with Gasteiger partial charge < -0.3 is 16.0 Å². The van der Waals surface area contributed by atoms with Crippen LogP contribution in [0.5, 0.6) is 0 Å². The van der Waals surface area contributed by atoms with E-state index in [0.29, 0.717) is 5.92 Å². The van der Waals surface area contributed by atoms with Crippen LogP contribution < -0.4 is 11.0 Å². The van der Waals surface area contributed by atoms with Crippen LogP contribution in [-0.4, -0.2) is 25.7 Å². The highest BCUT2D eigenvalue weighted by atomic mass is 16.2. The predicted molar refractivity (Wildman–Crippen MR) is 58.4 cm³/mol. The van der Waals surface area contributed by atoms with Gasteiger partial charge in [-0.05, 0) is 19.9 Å². The van der Waals surface area contributed by atoms with Crippen molar-refractivity contribution in [1.29, 1.82) is 0 Å². The molecule has 1 atom stereocenters. The van der Waals surface area contributed by atoms with E-state index < -0.39 is 7.05 Å². The summed E-state index contributed by atoms with van der Waals surface area (Å²) in [6.45, 7) is 7.00. The molecule has 0 aliphatic rings. The van der Waals surface area contributed by atoms with Gasteiger partial charge in [0.05, 0.1) is 0 Å². The number of likely N-dealkylation sites (N-methyl/N-ethyl adjacent to an activating group) is 1. The van der Waals surface area contributed by atoms with E-state index >= 15 is 0 Å². The summed E-state index contributed by atoms with van der Waals surface area (Å²) < 4.78 is 0. The Morgan fingerprint density at radius 2 is 2.15 bits per heavy atom. The second-order valence-corrected chi connectivity index (χ2v) is 3.86. The number of hydrogen-bond acceptors (Lipinski definition) is 3. The van der Waals surface area contributed by atoms with Crippen molar-refractivity contribution in [3.63, 3.8) is 0 Å². The molecule has 0 amide bonds. The van der Waals surface area contributed by atoms with E-state index in [1.54, 1.807) is 0 Å². The van der Waals surface area contributed by atoms with Gasteiger partial charge in [0.15, 0.2) is 0 Å². The average molecular weight is 184 g/mol. The molecule has 0 heterocycles. The van der Waals surface area contributed by atoms with Gasteiger partial charge >= 0.3 is 7.05 Å². The molecular formula is C9H21BN2O. The molecule has 0 aromatic heterocycles. The third-order valence-corrected chi connectivity index (χ3v) is 2.10. The summed E-state index contributed by atoms with van der Waals surface area (Å²) in [4.78, 5) is 0. The second-order valence-electron chi connectivity index (χ2n) is 3.86. The molecule has 3 nitrogen and oxygen atoms in total. The summed E-state index contributed by atoms with van der Waals surface area (Å²) in [6, 6.07) is 0. The molecule has 4 N–H and O–H groups in total. The van der Waals surface area contributed by atoms with Crippen LogP contribution in [0.3, 0.4) is 0 Å². The fourth-order valence-electron chi connectivity index (χ4n) is 1.35. The van der Waals surface area contributed by atoms with E-state index in [4.69, 9.17) is 5.64 Å². The molecule has 1 unspecified atom stereocenters. The monoisotopic (exact) mass is 184 g/mol. The molecule has 0 aliphatic heterocycles. The molecule has 0 spiro atoms. The highest BCUT2D eigenvalue weighted by Gasteiger charge is 2.21. The Bertz CT molecular complexity index is 161. The number of hydrogen-bond donors (Lipinski definition) is 3. The highest BCUT2D eigenvalue weighted by Crippen LogP contribution is 2.21. The molecule has 4 heteroatoms. The number of nitrogens with two attached hydrogens (primary N) is 1. The first kappa shape index (κ1) is 12.7. The minimum Gasteiger partial charge on any atom is -0.437 e. The van der Waals surface area contributed by atoms with Crippen molar-refractivity contribution < 1.29 is 5.02 Å². The van der Waals surface area contributed by atoms with Gasteiger partial charge in [-0.15, -0.1) is 0 Å². The molecule has 0 rings (SSSR count). The zero-order chi connectivity index (χ0) is 10.4. The van der Waals surface area contributed by atoms with E-state index in [-0.39, 0.29) is 5.82 Å². The minimum absolute atomic E-state index is 0.0494. The SMILES string of the molecule is CNCC(C)=CC(B(N)O)C(C)C. The lowest BCUT2D eigenvalue weighted by molar-refractivity contribution is 0.517. The van der Waals surface area contributed by atoms with Crippen LogP contribution in [0.1, 0.15) is 20.8 Å². The molecule has 0 saturated heterocycles. The van der Waals surface area contributed by atoms with E-state index in [1.165, 1.54) is 5.57 Å². The van der Waals surface area contributed by atoms with Gasteiger partial charge in [-0.2, -0.15) is 0 Å². The Kier molecular flexibility index (Phi) is 6.04. The van der Waals surface area contributed by atoms with Crippen molar-refractivity contribution in [2.24, 2.45) is 11.6 Å². The van der Waals surface area contributed by atoms with Gasteiger partial charge in [-0.3, -0.25) is 0 Å². The van der Waals surface area contributed by atoms with Gasteiger partial charge in [0.1, 0.15) is 0 Å². The molecule has 0 aromatic rings. The van der Waals surface area contributed by atoms with Gasteiger partial charge in [0.2, 0.25) is 0 Å². The first-order chi connectivity index (χ1) is 5.99. The van der Waals surface area contributed by atoms with Gasteiger partial charge in [-0.1, -0.05) is 25.5 Å². The molecule has 0 fully saturated rings. The Morgan fingerprint density at radius 1 is 1.62 bits per heavy atom. The second kappa shape index (κ2) is 6.19. The fraction of sp³-hybridized carbons (Fsp3) is 0.778. The fourth-order valence-corrected chi connectivity index (χ4v) is 1.35. The minimum atomic E-state index is -0.758. The van der Waals surface area contributed by atoms with Crippen molar-refractivity contribution in [2.75, 3.05) is 13.6 Å². The van der Waals surface area contributed by atoms with E-state index in [9.17, 15) is 5.02 Å². The first-order valence-corrected chi connectivity index (χ1v) is 4.74. The number of nitrogens with one attached hydrogen (secondary N) is 1. The Balaban J connectivity index is 4.31. The maximum absolute atomic E-state index is 9.31. The van der Waals surface area contributed by atoms with Gasteiger partial charge in [0, 0.05) is 12.4 Å². The van der Waals surface area contributed by atoms with Crippen LogP contribution >= 0.6 is 0 Å². The molecule has 13 heavy (non-hydrogen) atoms. The standard InChI is InChI=1S/C9H21BN2O/c1-7(2)9(10(11)13)5-8(3)6-12-4/h5,7,9,12-13H,6,11H2,1-4H3. The maximum atomic E-state index is 9.31. The lowest BCUT2D eigenvalue weighted by Gasteiger charge is -2.17.